The topological polar surface area (TPSA) is 75.4 Å². The summed E-state index contributed by atoms with van der Waals surface area (Å²) in [6, 6.07) is 0. The molecule has 0 unspecified atom stereocenters. The predicted molar refractivity (Wildman–Crippen MR) is 94.0 cm³/mol. The highest BCUT2D eigenvalue weighted by molar-refractivity contribution is 5.91. The Morgan fingerprint density at radius 1 is 1.00 bits per heavy atom. The molecule has 0 saturated heterocycles. The van der Waals surface area contributed by atoms with E-state index < -0.39 is 5.54 Å². The van der Waals surface area contributed by atoms with E-state index >= 15 is 0 Å². The first kappa shape index (κ1) is 19.9. The molecule has 1 fully saturated rings. The van der Waals surface area contributed by atoms with E-state index in [1.165, 1.54) is 0 Å². The Hall–Kier alpha value is -1.10. The molecule has 3 N–H and O–H groups in total. The number of hydrogen-bond donors (Lipinski definition) is 2. The van der Waals surface area contributed by atoms with Gasteiger partial charge in [-0.1, -0.05) is 32.1 Å². The highest BCUT2D eigenvalue weighted by atomic mass is 16.2. The molecular formula is C18H35N3O2. The van der Waals surface area contributed by atoms with Crippen molar-refractivity contribution in [2.45, 2.75) is 83.6 Å². The fraction of sp³-hybridized carbons (Fsp3) is 0.889. The molecule has 1 saturated carbocycles. The molecule has 0 heterocycles. The van der Waals surface area contributed by atoms with Gasteiger partial charge in [0.2, 0.25) is 11.8 Å². The number of nitrogens with zero attached hydrogens (tertiary/aromatic N) is 1. The Morgan fingerprint density at radius 2 is 1.61 bits per heavy atom. The summed E-state index contributed by atoms with van der Waals surface area (Å²) in [5.74, 6) is 0.138. The zero-order valence-corrected chi connectivity index (χ0v) is 15.0. The first-order chi connectivity index (χ1) is 11.1. The molecule has 2 amide bonds. The number of amides is 2. The van der Waals surface area contributed by atoms with Crippen LogP contribution in [0.2, 0.25) is 0 Å². The molecular weight excluding hydrogens is 290 g/mol. The van der Waals surface area contributed by atoms with E-state index in [1.54, 1.807) is 0 Å². The Bertz CT molecular complexity index is 361. The van der Waals surface area contributed by atoms with Crippen LogP contribution in [0.1, 0.15) is 78.1 Å². The predicted octanol–water partition coefficient (Wildman–Crippen LogP) is 2.58. The highest BCUT2D eigenvalue weighted by Gasteiger charge is 2.42. The van der Waals surface area contributed by atoms with Crippen molar-refractivity contribution in [3.8, 4) is 0 Å². The van der Waals surface area contributed by atoms with Gasteiger partial charge in [0.05, 0.1) is 0 Å². The Kier molecular flexibility index (Phi) is 9.22. The molecule has 134 valence electrons. The van der Waals surface area contributed by atoms with E-state index in [2.05, 4.69) is 5.32 Å². The minimum absolute atomic E-state index is 0.0279. The number of carbonyl (C=O) groups excluding carboxylic acids is 2. The molecule has 0 spiro atoms. The van der Waals surface area contributed by atoms with E-state index in [1.807, 2.05) is 18.7 Å². The number of carbonyl (C=O) groups is 2. The van der Waals surface area contributed by atoms with Crippen molar-refractivity contribution < 1.29 is 9.59 Å². The molecule has 0 aliphatic heterocycles. The molecule has 23 heavy (non-hydrogen) atoms. The van der Waals surface area contributed by atoms with Gasteiger partial charge in [0.15, 0.2) is 0 Å². The monoisotopic (exact) mass is 325 g/mol. The lowest BCUT2D eigenvalue weighted by molar-refractivity contribution is -0.143. The molecule has 5 heteroatoms. The van der Waals surface area contributed by atoms with Crippen molar-refractivity contribution in [2.24, 2.45) is 5.73 Å². The molecule has 5 nitrogen and oxygen atoms in total. The Labute approximate surface area is 141 Å². The lowest BCUT2D eigenvalue weighted by Crippen LogP contribution is -2.60. The maximum absolute atomic E-state index is 12.9. The number of likely N-dealkylation sites (N-methyl/N-ethyl adjacent to an activating group) is 1. The summed E-state index contributed by atoms with van der Waals surface area (Å²) < 4.78 is 0. The van der Waals surface area contributed by atoms with Crippen molar-refractivity contribution >= 4 is 11.8 Å². The summed E-state index contributed by atoms with van der Waals surface area (Å²) >= 11 is 0. The number of nitrogens with two attached hydrogens (primary N) is 1. The fourth-order valence-electron chi connectivity index (χ4n) is 3.47. The molecule has 0 aromatic rings. The van der Waals surface area contributed by atoms with E-state index in [9.17, 15) is 9.59 Å². The van der Waals surface area contributed by atoms with Gasteiger partial charge in [0, 0.05) is 19.5 Å². The van der Waals surface area contributed by atoms with Crippen LogP contribution in [0.5, 0.6) is 0 Å². The van der Waals surface area contributed by atoms with Crippen molar-refractivity contribution in [2.75, 3.05) is 19.6 Å². The van der Waals surface area contributed by atoms with E-state index in [-0.39, 0.29) is 11.8 Å². The summed E-state index contributed by atoms with van der Waals surface area (Å²) in [4.78, 5) is 27.1. The number of rotatable bonds is 10. The molecule has 0 aromatic heterocycles. The molecule has 0 atom stereocenters. The van der Waals surface area contributed by atoms with Crippen LogP contribution in [0.15, 0.2) is 0 Å². The molecule has 0 aromatic carbocycles. The van der Waals surface area contributed by atoms with Gasteiger partial charge >= 0.3 is 0 Å². The lowest BCUT2D eigenvalue weighted by atomic mass is 9.80. The van der Waals surface area contributed by atoms with E-state index in [4.69, 9.17) is 5.73 Å². The van der Waals surface area contributed by atoms with Crippen LogP contribution in [0.25, 0.3) is 0 Å². The summed E-state index contributed by atoms with van der Waals surface area (Å²) in [6.45, 7) is 6.11. The molecule has 0 bridgehead atoms. The zero-order valence-electron chi connectivity index (χ0n) is 15.0. The molecule has 0 radical (unpaired) electrons. The zero-order chi connectivity index (χ0) is 17.1. The second kappa shape index (κ2) is 10.6. The second-order valence-corrected chi connectivity index (χ2v) is 6.62. The third kappa shape index (κ3) is 6.13. The van der Waals surface area contributed by atoms with Gasteiger partial charge in [-0.2, -0.15) is 0 Å². The largest absolute Gasteiger partial charge is 0.342 e. The Balaban J connectivity index is 2.60. The van der Waals surface area contributed by atoms with Gasteiger partial charge in [-0.15, -0.1) is 0 Å². The first-order valence-corrected chi connectivity index (χ1v) is 9.40. The lowest BCUT2D eigenvalue weighted by Gasteiger charge is -2.40. The SMILES string of the molecule is CCN(CC)C(=O)C1(NC(=O)CCCCCCN)CCCCC1. The normalized spacial score (nSPS) is 16.8. The van der Waals surface area contributed by atoms with E-state index in [0.29, 0.717) is 26.1 Å². The summed E-state index contributed by atoms with van der Waals surface area (Å²) in [5, 5.41) is 3.12. The highest BCUT2D eigenvalue weighted by Crippen LogP contribution is 2.30. The molecule has 1 rings (SSSR count). The average Bonchev–Trinajstić information content (AvgIpc) is 2.56. The van der Waals surface area contributed by atoms with Crippen LogP contribution in [-0.2, 0) is 9.59 Å². The smallest absolute Gasteiger partial charge is 0.248 e. The average molecular weight is 325 g/mol. The Morgan fingerprint density at radius 3 is 2.17 bits per heavy atom. The van der Waals surface area contributed by atoms with Crippen LogP contribution in [0, 0.1) is 0 Å². The summed E-state index contributed by atoms with van der Waals surface area (Å²) in [6.07, 6.45) is 9.26. The van der Waals surface area contributed by atoms with Crippen LogP contribution in [-0.4, -0.2) is 41.9 Å². The summed E-state index contributed by atoms with van der Waals surface area (Å²) in [7, 11) is 0. The van der Waals surface area contributed by atoms with Crippen molar-refractivity contribution in [3.63, 3.8) is 0 Å². The minimum Gasteiger partial charge on any atom is -0.342 e. The maximum atomic E-state index is 12.9. The van der Waals surface area contributed by atoms with Crippen LogP contribution in [0.4, 0.5) is 0 Å². The minimum atomic E-state index is -0.654. The van der Waals surface area contributed by atoms with Crippen molar-refractivity contribution in [1.29, 1.82) is 0 Å². The van der Waals surface area contributed by atoms with Crippen molar-refractivity contribution in [3.05, 3.63) is 0 Å². The number of unbranched alkanes of at least 4 members (excludes halogenated alkanes) is 3. The van der Waals surface area contributed by atoms with Crippen LogP contribution >= 0.6 is 0 Å². The van der Waals surface area contributed by atoms with Crippen LogP contribution in [0.3, 0.4) is 0 Å². The standard InChI is InChI=1S/C18H35N3O2/c1-3-21(4-2)17(23)18(13-9-7-10-14-18)20-16(22)12-8-5-6-11-15-19/h3-15,19H2,1-2H3,(H,20,22). The number of hydrogen-bond acceptors (Lipinski definition) is 3. The summed E-state index contributed by atoms with van der Waals surface area (Å²) in [5.41, 5.74) is 4.82. The van der Waals surface area contributed by atoms with Gasteiger partial charge in [0.1, 0.15) is 5.54 Å². The van der Waals surface area contributed by atoms with Gasteiger partial charge in [-0.05, 0) is 46.1 Å². The van der Waals surface area contributed by atoms with Gasteiger partial charge < -0.3 is 16.0 Å². The third-order valence-electron chi connectivity index (χ3n) is 4.90. The first-order valence-electron chi connectivity index (χ1n) is 9.40. The fourth-order valence-corrected chi connectivity index (χ4v) is 3.47. The maximum Gasteiger partial charge on any atom is 0.248 e. The molecule has 1 aliphatic rings. The molecule has 1 aliphatic carbocycles. The van der Waals surface area contributed by atoms with E-state index in [0.717, 1.165) is 57.8 Å². The quantitative estimate of drug-likeness (QED) is 0.606. The van der Waals surface area contributed by atoms with Gasteiger partial charge in [0.25, 0.3) is 0 Å². The van der Waals surface area contributed by atoms with Crippen LogP contribution < -0.4 is 11.1 Å². The van der Waals surface area contributed by atoms with Gasteiger partial charge in [-0.3, -0.25) is 9.59 Å². The third-order valence-corrected chi connectivity index (χ3v) is 4.90. The second-order valence-electron chi connectivity index (χ2n) is 6.62. The van der Waals surface area contributed by atoms with Crippen molar-refractivity contribution in [1.82, 2.24) is 10.2 Å². The van der Waals surface area contributed by atoms with Gasteiger partial charge in [-0.25, -0.2) is 0 Å². The number of nitrogens with one attached hydrogen (secondary N) is 1.